The average Bonchev–Trinajstić information content (AvgIpc) is 2.73. The first-order valence-electron chi connectivity index (χ1n) is 9.58. The van der Waals surface area contributed by atoms with E-state index < -0.39 is 0 Å². The van der Waals surface area contributed by atoms with Crippen molar-refractivity contribution in [1.29, 1.82) is 5.26 Å². The van der Waals surface area contributed by atoms with Crippen molar-refractivity contribution in [3.8, 4) is 6.07 Å². The maximum absolute atomic E-state index is 12.9. The highest BCUT2D eigenvalue weighted by Gasteiger charge is 2.23. The minimum absolute atomic E-state index is 0.0508. The lowest BCUT2D eigenvalue weighted by atomic mass is 9.97. The fourth-order valence-corrected chi connectivity index (χ4v) is 3.93. The number of nitriles is 1. The van der Waals surface area contributed by atoms with Crippen LogP contribution in [0.4, 0.5) is 5.69 Å². The zero-order valence-electron chi connectivity index (χ0n) is 15.6. The zero-order chi connectivity index (χ0) is 18.8. The van der Waals surface area contributed by atoms with Crippen LogP contribution < -0.4 is 4.90 Å². The van der Waals surface area contributed by atoms with Crippen molar-refractivity contribution in [2.24, 2.45) is 5.92 Å². The number of carbonyl (C=O) groups excluding carboxylic acids is 1. The molecule has 6 nitrogen and oxygen atoms in total. The van der Waals surface area contributed by atoms with E-state index in [0.717, 1.165) is 48.2 Å². The molecule has 0 N–H and O–H groups in total. The Hall–Kier alpha value is -2.65. The minimum Gasteiger partial charge on any atom is -0.378 e. The summed E-state index contributed by atoms with van der Waals surface area (Å²) in [7, 11) is 0. The van der Waals surface area contributed by atoms with Gasteiger partial charge >= 0.3 is 0 Å². The van der Waals surface area contributed by atoms with Crippen LogP contribution in [0.1, 0.15) is 28.9 Å². The molecule has 1 aromatic heterocycles. The molecule has 0 spiro atoms. The number of pyridine rings is 1. The lowest BCUT2D eigenvalue weighted by Gasteiger charge is -2.32. The van der Waals surface area contributed by atoms with Gasteiger partial charge in [0.2, 0.25) is 0 Å². The van der Waals surface area contributed by atoms with Crippen molar-refractivity contribution in [3.63, 3.8) is 0 Å². The number of hydrogen-bond acceptors (Lipinski definition) is 5. The molecule has 2 aliphatic rings. The van der Waals surface area contributed by atoms with E-state index in [1.807, 2.05) is 30.0 Å². The monoisotopic (exact) mass is 364 g/mol. The van der Waals surface area contributed by atoms with E-state index in [-0.39, 0.29) is 11.8 Å². The number of anilines is 1. The molecule has 27 heavy (non-hydrogen) atoms. The van der Waals surface area contributed by atoms with Crippen LogP contribution in [-0.2, 0) is 4.74 Å². The predicted octanol–water partition coefficient (Wildman–Crippen LogP) is 2.76. The summed E-state index contributed by atoms with van der Waals surface area (Å²) in [5.74, 6) is 0.198. The molecule has 0 saturated carbocycles. The molecular weight excluding hydrogens is 340 g/mol. The quantitative estimate of drug-likeness (QED) is 0.819. The van der Waals surface area contributed by atoms with Crippen LogP contribution in [-0.4, -0.2) is 55.2 Å². The molecular formula is C21H24N4O2. The standard InChI is InChI=1S/C21H24N4O2/c1-15-12-20(24-6-4-16(14-22)5-7-24)18-13-17(2-3-19(18)23-15)21(26)25-8-10-27-11-9-25/h2-3,12-13,16H,4-11H2,1H3. The highest BCUT2D eigenvalue weighted by molar-refractivity contribution is 6.01. The van der Waals surface area contributed by atoms with Crippen LogP contribution in [0.15, 0.2) is 24.3 Å². The first-order valence-corrected chi connectivity index (χ1v) is 9.58. The molecule has 0 radical (unpaired) electrons. The molecule has 1 amide bonds. The van der Waals surface area contributed by atoms with Crippen molar-refractivity contribution in [2.45, 2.75) is 19.8 Å². The topological polar surface area (TPSA) is 69.5 Å². The number of fused-ring (bicyclic) bond motifs is 1. The van der Waals surface area contributed by atoms with Gasteiger partial charge in [-0.2, -0.15) is 5.26 Å². The van der Waals surface area contributed by atoms with E-state index in [1.54, 1.807) is 0 Å². The predicted molar refractivity (Wildman–Crippen MR) is 104 cm³/mol. The van der Waals surface area contributed by atoms with Gasteiger partial charge in [0, 0.05) is 54.4 Å². The number of aromatic nitrogens is 1. The van der Waals surface area contributed by atoms with Gasteiger partial charge in [0.1, 0.15) is 0 Å². The SMILES string of the molecule is Cc1cc(N2CCC(C#N)CC2)c2cc(C(=O)N3CCOCC3)ccc2n1. The molecule has 0 atom stereocenters. The molecule has 2 aromatic rings. The first-order chi connectivity index (χ1) is 13.2. The zero-order valence-corrected chi connectivity index (χ0v) is 15.6. The number of aryl methyl sites for hydroxylation is 1. The number of hydrogen-bond donors (Lipinski definition) is 0. The van der Waals surface area contributed by atoms with Crippen LogP contribution in [0, 0.1) is 24.2 Å². The summed E-state index contributed by atoms with van der Waals surface area (Å²) >= 11 is 0. The van der Waals surface area contributed by atoms with Crippen molar-refractivity contribution < 1.29 is 9.53 Å². The number of nitrogens with zero attached hydrogens (tertiary/aromatic N) is 4. The van der Waals surface area contributed by atoms with Gasteiger partial charge in [-0.1, -0.05) is 0 Å². The Morgan fingerprint density at radius 2 is 1.93 bits per heavy atom. The number of benzene rings is 1. The summed E-state index contributed by atoms with van der Waals surface area (Å²) in [6.45, 7) is 6.18. The lowest BCUT2D eigenvalue weighted by Crippen LogP contribution is -2.40. The number of ether oxygens (including phenoxy) is 1. The van der Waals surface area contributed by atoms with E-state index in [1.165, 1.54) is 0 Å². The largest absolute Gasteiger partial charge is 0.378 e. The second kappa shape index (κ2) is 7.53. The van der Waals surface area contributed by atoms with Crippen LogP contribution >= 0.6 is 0 Å². The number of amides is 1. The molecule has 2 fully saturated rings. The highest BCUT2D eigenvalue weighted by Crippen LogP contribution is 2.31. The summed E-state index contributed by atoms with van der Waals surface area (Å²) < 4.78 is 5.35. The normalized spacial score (nSPS) is 18.5. The Balaban J connectivity index is 1.68. The van der Waals surface area contributed by atoms with Crippen LogP contribution in [0.5, 0.6) is 0 Å². The first kappa shape index (κ1) is 17.7. The molecule has 3 heterocycles. The molecule has 1 aromatic carbocycles. The fraction of sp³-hybridized carbons (Fsp3) is 0.476. The van der Waals surface area contributed by atoms with E-state index in [9.17, 15) is 4.79 Å². The van der Waals surface area contributed by atoms with Gasteiger partial charge in [-0.25, -0.2) is 0 Å². The third-order valence-electron chi connectivity index (χ3n) is 5.48. The molecule has 0 bridgehead atoms. The Bertz CT molecular complexity index is 891. The Morgan fingerprint density at radius 1 is 1.19 bits per heavy atom. The second-order valence-corrected chi connectivity index (χ2v) is 7.31. The number of piperidine rings is 1. The Kier molecular flexibility index (Phi) is 4.95. The number of rotatable bonds is 2. The summed E-state index contributed by atoms with van der Waals surface area (Å²) in [4.78, 5) is 21.7. The smallest absolute Gasteiger partial charge is 0.254 e. The maximum Gasteiger partial charge on any atom is 0.254 e. The summed E-state index contributed by atoms with van der Waals surface area (Å²) in [6.07, 6.45) is 1.76. The Morgan fingerprint density at radius 3 is 2.63 bits per heavy atom. The van der Waals surface area contributed by atoms with E-state index >= 15 is 0 Å². The van der Waals surface area contributed by atoms with Gasteiger partial charge in [0.05, 0.1) is 24.8 Å². The summed E-state index contributed by atoms with van der Waals surface area (Å²) in [5, 5.41) is 10.2. The van der Waals surface area contributed by atoms with Gasteiger partial charge in [-0.05, 0) is 44.0 Å². The van der Waals surface area contributed by atoms with Crippen LogP contribution in [0.3, 0.4) is 0 Å². The van der Waals surface area contributed by atoms with Crippen LogP contribution in [0.25, 0.3) is 10.9 Å². The third-order valence-corrected chi connectivity index (χ3v) is 5.48. The lowest BCUT2D eigenvalue weighted by molar-refractivity contribution is 0.0303. The molecule has 140 valence electrons. The van der Waals surface area contributed by atoms with Crippen molar-refractivity contribution in [1.82, 2.24) is 9.88 Å². The van der Waals surface area contributed by atoms with Crippen molar-refractivity contribution in [3.05, 3.63) is 35.5 Å². The van der Waals surface area contributed by atoms with E-state index in [0.29, 0.717) is 31.9 Å². The van der Waals surface area contributed by atoms with E-state index in [2.05, 4.69) is 22.0 Å². The molecule has 2 saturated heterocycles. The van der Waals surface area contributed by atoms with Gasteiger partial charge < -0.3 is 14.5 Å². The van der Waals surface area contributed by atoms with Gasteiger partial charge in [0.25, 0.3) is 5.91 Å². The number of morpholine rings is 1. The van der Waals surface area contributed by atoms with Crippen molar-refractivity contribution in [2.75, 3.05) is 44.3 Å². The number of carbonyl (C=O) groups is 1. The third kappa shape index (κ3) is 3.60. The van der Waals surface area contributed by atoms with Crippen LogP contribution in [0.2, 0.25) is 0 Å². The summed E-state index contributed by atoms with van der Waals surface area (Å²) in [6, 6.07) is 10.3. The molecule has 0 aliphatic carbocycles. The maximum atomic E-state index is 12.9. The van der Waals surface area contributed by atoms with Crippen molar-refractivity contribution >= 4 is 22.5 Å². The minimum atomic E-state index is 0.0508. The molecule has 2 aliphatic heterocycles. The second-order valence-electron chi connectivity index (χ2n) is 7.31. The fourth-order valence-electron chi connectivity index (χ4n) is 3.93. The summed E-state index contributed by atoms with van der Waals surface area (Å²) in [5.41, 5.74) is 3.69. The molecule has 4 rings (SSSR count). The van der Waals surface area contributed by atoms with Gasteiger partial charge in [-0.3, -0.25) is 9.78 Å². The molecule has 0 unspecified atom stereocenters. The molecule has 6 heteroatoms. The average molecular weight is 364 g/mol. The van der Waals surface area contributed by atoms with Gasteiger partial charge in [-0.15, -0.1) is 0 Å². The highest BCUT2D eigenvalue weighted by atomic mass is 16.5. The van der Waals surface area contributed by atoms with Gasteiger partial charge in [0.15, 0.2) is 0 Å². The Labute approximate surface area is 159 Å². The van der Waals surface area contributed by atoms with E-state index in [4.69, 9.17) is 10.00 Å².